The predicted octanol–water partition coefficient (Wildman–Crippen LogP) is 1.38. The Hall–Kier alpha value is -0.570. The molecule has 0 radical (unpaired) electrons. The second-order valence-electron chi connectivity index (χ2n) is 3.47. The van der Waals surface area contributed by atoms with Gasteiger partial charge in [-0.2, -0.15) is 0 Å². The third-order valence-corrected chi connectivity index (χ3v) is 2.44. The van der Waals surface area contributed by atoms with Gasteiger partial charge in [-0.3, -0.25) is 4.79 Å². The molecule has 0 amide bonds. The lowest BCUT2D eigenvalue weighted by Crippen LogP contribution is -2.35. The van der Waals surface area contributed by atoms with E-state index in [1.807, 2.05) is 0 Å². The number of carboxylic acids is 1. The maximum atomic E-state index is 10.6. The van der Waals surface area contributed by atoms with Crippen LogP contribution in [-0.2, 0) is 4.79 Å². The second-order valence-corrected chi connectivity index (χ2v) is 3.47. The summed E-state index contributed by atoms with van der Waals surface area (Å²) in [5.74, 6) is -0.700. The number of carbonyl (C=O) groups is 1. The minimum atomic E-state index is -0.700. The van der Waals surface area contributed by atoms with Crippen molar-refractivity contribution in [3.63, 3.8) is 0 Å². The van der Waals surface area contributed by atoms with Crippen LogP contribution in [0.4, 0.5) is 0 Å². The summed E-state index contributed by atoms with van der Waals surface area (Å²) >= 11 is 0. The Labute approximate surface area is 73.2 Å². The van der Waals surface area contributed by atoms with Gasteiger partial charge in [-0.25, -0.2) is 0 Å². The van der Waals surface area contributed by atoms with Crippen molar-refractivity contribution in [2.24, 2.45) is 0 Å². The zero-order chi connectivity index (χ0) is 8.97. The van der Waals surface area contributed by atoms with E-state index in [1.165, 1.54) is 12.8 Å². The van der Waals surface area contributed by atoms with Crippen molar-refractivity contribution < 1.29 is 9.90 Å². The van der Waals surface area contributed by atoms with Gasteiger partial charge < -0.3 is 10.4 Å². The highest BCUT2D eigenvalue weighted by Gasteiger charge is 2.27. The first-order valence-electron chi connectivity index (χ1n) is 4.73. The summed E-state index contributed by atoms with van der Waals surface area (Å²) in [6, 6.07) is 0.165. The van der Waals surface area contributed by atoms with Gasteiger partial charge in [-0.15, -0.1) is 0 Å². The van der Waals surface area contributed by atoms with E-state index in [-0.39, 0.29) is 6.04 Å². The van der Waals surface area contributed by atoms with Gasteiger partial charge in [0.2, 0.25) is 0 Å². The highest BCUT2D eigenvalue weighted by molar-refractivity contribution is 5.73. The molecule has 12 heavy (non-hydrogen) atoms. The molecule has 0 aromatic rings. The van der Waals surface area contributed by atoms with Crippen LogP contribution in [0.25, 0.3) is 0 Å². The van der Waals surface area contributed by atoms with Crippen molar-refractivity contribution in [2.75, 3.05) is 0 Å². The fraction of sp³-hybridized carbons (Fsp3) is 0.889. The zero-order valence-electron chi connectivity index (χ0n) is 7.55. The topological polar surface area (TPSA) is 49.3 Å². The molecule has 2 atom stereocenters. The first-order chi connectivity index (χ1) is 5.74. The van der Waals surface area contributed by atoms with Crippen LogP contribution in [0.2, 0.25) is 0 Å². The molecular weight excluding hydrogens is 154 g/mol. The van der Waals surface area contributed by atoms with Crippen LogP contribution >= 0.6 is 0 Å². The Morgan fingerprint density at radius 1 is 1.58 bits per heavy atom. The van der Waals surface area contributed by atoms with Crippen molar-refractivity contribution in [3.8, 4) is 0 Å². The summed E-state index contributed by atoms with van der Waals surface area (Å²) in [5, 5.41) is 11.8. The fourth-order valence-corrected chi connectivity index (χ4v) is 1.69. The van der Waals surface area contributed by atoms with Gasteiger partial charge in [0.05, 0.1) is 0 Å². The molecule has 0 aromatic carbocycles. The molecule has 0 saturated carbocycles. The first kappa shape index (κ1) is 9.52. The van der Waals surface area contributed by atoms with Crippen molar-refractivity contribution in [3.05, 3.63) is 0 Å². The van der Waals surface area contributed by atoms with Crippen LogP contribution in [0.1, 0.15) is 39.0 Å². The van der Waals surface area contributed by atoms with E-state index in [0.29, 0.717) is 6.04 Å². The molecule has 1 heterocycles. The molecule has 0 bridgehead atoms. The summed E-state index contributed by atoms with van der Waals surface area (Å²) in [4.78, 5) is 10.6. The monoisotopic (exact) mass is 171 g/mol. The third kappa shape index (κ3) is 2.48. The summed E-state index contributed by atoms with van der Waals surface area (Å²) in [6.45, 7) is 2.16. The molecule has 0 spiro atoms. The lowest BCUT2D eigenvalue weighted by molar-refractivity contribution is -0.139. The fourth-order valence-electron chi connectivity index (χ4n) is 1.69. The maximum absolute atomic E-state index is 10.6. The summed E-state index contributed by atoms with van der Waals surface area (Å²) in [7, 11) is 0. The molecule has 70 valence electrons. The number of nitrogens with one attached hydrogen (secondary N) is 1. The van der Waals surface area contributed by atoms with Crippen LogP contribution in [-0.4, -0.2) is 23.2 Å². The lowest BCUT2D eigenvalue weighted by atomic mass is 10.1. The number of aliphatic carboxylic acids is 1. The average Bonchev–Trinajstić information content (AvgIpc) is 2.48. The van der Waals surface area contributed by atoms with E-state index in [1.54, 1.807) is 0 Å². The van der Waals surface area contributed by atoms with Crippen LogP contribution in [0.3, 0.4) is 0 Å². The summed E-state index contributed by atoms with van der Waals surface area (Å²) < 4.78 is 0. The van der Waals surface area contributed by atoms with E-state index in [0.717, 1.165) is 19.3 Å². The van der Waals surface area contributed by atoms with Gasteiger partial charge in [-0.1, -0.05) is 19.8 Å². The van der Waals surface area contributed by atoms with Gasteiger partial charge >= 0.3 is 5.97 Å². The predicted molar refractivity (Wildman–Crippen MR) is 47.1 cm³/mol. The summed E-state index contributed by atoms with van der Waals surface area (Å²) in [5.41, 5.74) is 0. The number of carboxylic acid groups (broad SMARTS) is 1. The molecule has 3 nitrogen and oxygen atoms in total. The molecule has 1 aliphatic heterocycles. The van der Waals surface area contributed by atoms with Crippen LogP contribution in [0.15, 0.2) is 0 Å². The Bertz CT molecular complexity index is 159. The van der Waals surface area contributed by atoms with E-state index in [2.05, 4.69) is 12.2 Å². The van der Waals surface area contributed by atoms with Crippen molar-refractivity contribution in [1.82, 2.24) is 5.32 Å². The Morgan fingerprint density at radius 2 is 2.33 bits per heavy atom. The largest absolute Gasteiger partial charge is 0.480 e. The Kier molecular flexibility index (Phi) is 3.53. The molecular formula is C9H17NO2. The highest BCUT2D eigenvalue weighted by Crippen LogP contribution is 2.16. The number of hydrogen-bond acceptors (Lipinski definition) is 2. The number of rotatable bonds is 4. The van der Waals surface area contributed by atoms with Gasteiger partial charge in [-0.05, 0) is 19.3 Å². The summed E-state index contributed by atoms with van der Waals surface area (Å²) in [6.07, 6.45) is 5.33. The van der Waals surface area contributed by atoms with Crippen molar-refractivity contribution >= 4 is 5.97 Å². The second kappa shape index (κ2) is 4.45. The average molecular weight is 171 g/mol. The molecule has 1 saturated heterocycles. The SMILES string of the molecule is CCCCC1CCC(C(=O)O)N1. The highest BCUT2D eigenvalue weighted by atomic mass is 16.4. The molecule has 2 N–H and O–H groups in total. The van der Waals surface area contributed by atoms with Crippen LogP contribution in [0.5, 0.6) is 0 Å². The standard InChI is InChI=1S/C9H17NO2/c1-2-3-4-7-5-6-8(10-7)9(11)12/h7-8,10H,2-6H2,1H3,(H,11,12). The van der Waals surface area contributed by atoms with Gasteiger partial charge in [0.15, 0.2) is 0 Å². The van der Waals surface area contributed by atoms with Crippen molar-refractivity contribution in [1.29, 1.82) is 0 Å². The van der Waals surface area contributed by atoms with E-state index in [9.17, 15) is 4.79 Å². The minimum Gasteiger partial charge on any atom is -0.480 e. The Balaban J connectivity index is 2.21. The zero-order valence-corrected chi connectivity index (χ0v) is 7.55. The molecule has 1 rings (SSSR count). The molecule has 1 aliphatic rings. The van der Waals surface area contributed by atoms with Crippen molar-refractivity contribution in [2.45, 2.75) is 51.1 Å². The maximum Gasteiger partial charge on any atom is 0.320 e. The molecule has 1 fully saturated rings. The van der Waals surface area contributed by atoms with Crippen LogP contribution < -0.4 is 5.32 Å². The van der Waals surface area contributed by atoms with E-state index < -0.39 is 5.97 Å². The quantitative estimate of drug-likeness (QED) is 0.672. The minimum absolute atomic E-state index is 0.285. The van der Waals surface area contributed by atoms with Gasteiger partial charge in [0.1, 0.15) is 6.04 Å². The normalized spacial score (nSPS) is 29.1. The number of hydrogen-bond donors (Lipinski definition) is 2. The molecule has 0 aromatic heterocycles. The first-order valence-corrected chi connectivity index (χ1v) is 4.73. The van der Waals surface area contributed by atoms with Crippen LogP contribution in [0, 0.1) is 0 Å². The lowest BCUT2D eigenvalue weighted by Gasteiger charge is -2.10. The third-order valence-electron chi connectivity index (χ3n) is 2.44. The van der Waals surface area contributed by atoms with Gasteiger partial charge in [0.25, 0.3) is 0 Å². The van der Waals surface area contributed by atoms with E-state index >= 15 is 0 Å². The molecule has 2 unspecified atom stereocenters. The van der Waals surface area contributed by atoms with E-state index in [4.69, 9.17) is 5.11 Å². The smallest absolute Gasteiger partial charge is 0.320 e. The van der Waals surface area contributed by atoms with Gasteiger partial charge in [0, 0.05) is 6.04 Å². The molecule has 3 heteroatoms. The number of unbranched alkanes of at least 4 members (excludes halogenated alkanes) is 1. The molecule has 0 aliphatic carbocycles. The Morgan fingerprint density at radius 3 is 2.83 bits per heavy atom.